The number of benzene rings is 1. The summed E-state index contributed by atoms with van der Waals surface area (Å²) in [6, 6.07) is 4.42. The Balaban J connectivity index is 3.23. The van der Waals surface area contributed by atoms with E-state index < -0.39 is 4.92 Å². The van der Waals surface area contributed by atoms with E-state index in [1.54, 1.807) is 17.9 Å². The molecule has 0 aliphatic rings. The van der Waals surface area contributed by atoms with Gasteiger partial charge in [0.05, 0.1) is 17.1 Å². The molecule has 0 atom stereocenters. The van der Waals surface area contributed by atoms with Crippen LogP contribution in [-0.2, 0) is 0 Å². The zero-order valence-electron chi connectivity index (χ0n) is 12.2. The highest BCUT2D eigenvalue weighted by Crippen LogP contribution is 2.31. The van der Waals surface area contributed by atoms with Crippen LogP contribution in [0.1, 0.15) is 30.6 Å². The molecule has 0 aliphatic heterocycles. The number of amides is 1. The zero-order chi connectivity index (χ0) is 15.8. The van der Waals surface area contributed by atoms with E-state index in [0.717, 1.165) is 6.42 Å². The zero-order valence-corrected chi connectivity index (χ0v) is 13.8. The number of hydrogen-bond acceptors (Lipinski definition) is 4. The predicted octanol–water partition coefficient (Wildman–Crippen LogP) is 3.24. The Hall–Kier alpha value is -1.63. The van der Waals surface area contributed by atoms with Crippen molar-refractivity contribution < 1.29 is 14.5 Å². The van der Waals surface area contributed by atoms with E-state index in [9.17, 15) is 14.9 Å². The molecule has 0 saturated carbocycles. The van der Waals surface area contributed by atoms with Crippen LogP contribution >= 0.6 is 15.9 Å². The van der Waals surface area contributed by atoms with Crippen LogP contribution in [0.5, 0.6) is 5.75 Å². The van der Waals surface area contributed by atoms with Gasteiger partial charge < -0.3 is 9.64 Å². The maximum absolute atomic E-state index is 12.6. The highest BCUT2D eigenvalue weighted by atomic mass is 79.9. The van der Waals surface area contributed by atoms with Gasteiger partial charge in [-0.1, -0.05) is 28.9 Å². The summed E-state index contributed by atoms with van der Waals surface area (Å²) in [4.78, 5) is 24.8. The molecule has 0 saturated heterocycles. The monoisotopic (exact) mass is 358 g/mol. The number of rotatable bonds is 8. The fraction of sp³-hybridized carbons (Fsp3) is 0.500. The van der Waals surface area contributed by atoms with Crippen molar-refractivity contribution in [2.75, 3.05) is 25.0 Å². The second-order valence-electron chi connectivity index (χ2n) is 4.33. The molecule has 6 nitrogen and oxygen atoms in total. The molecular formula is C14H19BrN2O4. The Labute approximate surface area is 132 Å². The topological polar surface area (TPSA) is 72.7 Å². The Kier molecular flexibility index (Phi) is 7.14. The summed E-state index contributed by atoms with van der Waals surface area (Å²) in [5, 5.41) is 11.7. The third kappa shape index (κ3) is 4.42. The number of carbonyl (C=O) groups excluding carboxylic acids is 1. The predicted molar refractivity (Wildman–Crippen MR) is 84.3 cm³/mol. The van der Waals surface area contributed by atoms with E-state index in [4.69, 9.17) is 4.74 Å². The molecule has 1 aromatic carbocycles. The number of hydrogen-bond donors (Lipinski definition) is 0. The maximum Gasteiger partial charge on any atom is 0.311 e. The second kappa shape index (κ2) is 8.61. The third-order valence-corrected chi connectivity index (χ3v) is 3.20. The van der Waals surface area contributed by atoms with Gasteiger partial charge in [-0.2, -0.15) is 0 Å². The van der Waals surface area contributed by atoms with Crippen molar-refractivity contribution >= 4 is 27.5 Å². The molecule has 0 aromatic heterocycles. The molecule has 1 amide bonds. The maximum atomic E-state index is 12.6. The molecule has 0 fully saturated rings. The van der Waals surface area contributed by atoms with Crippen LogP contribution in [0.15, 0.2) is 18.2 Å². The summed E-state index contributed by atoms with van der Waals surface area (Å²) < 4.78 is 5.36. The lowest BCUT2D eigenvalue weighted by Gasteiger charge is -2.22. The minimum Gasteiger partial charge on any atom is -0.487 e. The Morgan fingerprint density at radius 3 is 2.62 bits per heavy atom. The molecule has 21 heavy (non-hydrogen) atoms. The molecule has 0 aliphatic carbocycles. The van der Waals surface area contributed by atoms with E-state index >= 15 is 0 Å². The molecule has 0 bridgehead atoms. The fourth-order valence-corrected chi connectivity index (χ4v) is 2.42. The lowest BCUT2D eigenvalue weighted by Crippen LogP contribution is -2.33. The number of ether oxygens (including phenoxy) is 1. The average molecular weight is 359 g/mol. The number of halogens is 1. The normalized spacial score (nSPS) is 10.2. The van der Waals surface area contributed by atoms with Crippen molar-refractivity contribution in [2.45, 2.75) is 20.3 Å². The largest absolute Gasteiger partial charge is 0.487 e. The first-order valence-corrected chi connectivity index (χ1v) is 7.94. The Bertz CT molecular complexity index is 502. The van der Waals surface area contributed by atoms with Crippen LogP contribution in [0.25, 0.3) is 0 Å². The van der Waals surface area contributed by atoms with Crippen LogP contribution in [0.3, 0.4) is 0 Å². The minimum absolute atomic E-state index is 0.0469. The molecule has 1 rings (SSSR count). The van der Waals surface area contributed by atoms with E-state index in [0.29, 0.717) is 18.4 Å². The van der Waals surface area contributed by atoms with Gasteiger partial charge >= 0.3 is 5.69 Å². The van der Waals surface area contributed by atoms with Gasteiger partial charge in [-0.3, -0.25) is 14.9 Å². The van der Waals surface area contributed by atoms with Gasteiger partial charge in [0.25, 0.3) is 5.91 Å². The van der Waals surface area contributed by atoms with Gasteiger partial charge in [-0.05, 0) is 19.4 Å². The number of nitrogens with zero attached hydrogens (tertiary/aromatic N) is 2. The van der Waals surface area contributed by atoms with Crippen molar-refractivity contribution in [3.8, 4) is 5.75 Å². The summed E-state index contributed by atoms with van der Waals surface area (Å²) in [6.45, 7) is 5.11. The number of alkyl halides is 1. The molecular weight excluding hydrogens is 340 g/mol. The first-order chi connectivity index (χ1) is 10.1. The minimum atomic E-state index is -0.531. The quantitative estimate of drug-likeness (QED) is 0.406. The van der Waals surface area contributed by atoms with Crippen LogP contribution in [0, 0.1) is 10.1 Å². The van der Waals surface area contributed by atoms with Gasteiger partial charge in [-0.25, -0.2) is 0 Å². The summed E-state index contributed by atoms with van der Waals surface area (Å²) in [6.07, 6.45) is 0.817. The summed E-state index contributed by atoms with van der Waals surface area (Å²) in [7, 11) is 0. The Morgan fingerprint density at radius 1 is 1.38 bits per heavy atom. The van der Waals surface area contributed by atoms with Gasteiger partial charge in [0, 0.05) is 24.5 Å². The van der Waals surface area contributed by atoms with Crippen molar-refractivity contribution in [2.24, 2.45) is 0 Å². The van der Waals surface area contributed by atoms with Gasteiger partial charge in [-0.15, -0.1) is 0 Å². The lowest BCUT2D eigenvalue weighted by molar-refractivity contribution is -0.385. The average Bonchev–Trinajstić information content (AvgIpc) is 2.46. The van der Waals surface area contributed by atoms with Gasteiger partial charge in [0.2, 0.25) is 5.75 Å². The highest BCUT2D eigenvalue weighted by Gasteiger charge is 2.25. The molecule has 0 spiro atoms. The van der Waals surface area contributed by atoms with Crippen molar-refractivity contribution in [1.82, 2.24) is 4.90 Å². The summed E-state index contributed by atoms with van der Waals surface area (Å²) >= 11 is 3.31. The van der Waals surface area contributed by atoms with Crippen LogP contribution in [-0.4, -0.2) is 40.8 Å². The second-order valence-corrected chi connectivity index (χ2v) is 5.12. The van der Waals surface area contributed by atoms with Crippen molar-refractivity contribution in [3.05, 3.63) is 33.9 Å². The number of carbonyl (C=O) groups is 1. The molecule has 116 valence electrons. The summed E-state index contributed by atoms with van der Waals surface area (Å²) in [5.74, 6) is -0.200. The van der Waals surface area contributed by atoms with Crippen LogP contribution in [0.4, 0.5) is 5.69 Å². The molecule has 7 heteroatoms. The van der Waals surface area contributed by atoms with E-state index in [2.05, 4.69) is 15.9 Å². The van der Waals surface area contributed by atoms with Gasteiger partial charge in [0.1, 0.15) is 0 Å². The van der Waals surface area contributed by atoms with E-state index in [1.165, 1.54) is 12.1 Å². The standard InChI is InChI=1S/C14H19BrN2O4/c1-3-9-16(10-8-15)14(18)11-6-5-7-12(17(19)20)13(11)21-4-2/h5-7H,3-4,8-10H2,1-2H3. The Morgan fingerprint density at radius 2 is 2.10 bits per heavy atom. The SMILES string of the molecule is CCCN(CCBr)C(=O)c1cccc([N+](=O)[O-])c1OCC. The lowest BCUT2D eigenvalue weighted by atomic mass is 10.1. The van der Waals surface area contributed by atoms with Gasteiger partial charge in [0.15, 0.2) is 0 Å². The molecule has 0 N–H and O–H groups in total. The first kappa shape index (κ1) is 17.4. The highest BCUT2D eigenvalue weighted by molar-refractivity contribution is 9.09. The molecule has 1 aromatic rings. The third-order valence-electron chi connectivity index (χ3n) is 2.85. The van der Waals surface area contributed by atoms with E-state index in [-0.39, 0.29) is 29.5 Å². The number of nitro groups is 1. The van der Waals surface area contributed by atoms with Crippen molar-refractivity contribution in [3.63, 3.8) is 0 Å². The molecule has 0 radical (unpaired) electrons. The van der Waals surface area contributed by atoms with E-state index in [1.807, 2.05) is 6.92 Å². The summed E-state index contributed by atoms with van der Waals surface area (Å²) in [5.41, 5.74) is 0.0541. The van der Waals surface area contributed by atoms with Crippen LogP contribution in [0.2, 0.25) is 0 Å². The van der Waals surface area contributed by atoms with Crippen LogP contribution < -0.4 is 4.74 Å². The first-order valence-electron chi connectivity index (χ1n) is 6.82. The van der Waals surface area contributed by atoms with Crippen molar-refractivity contribution in [1.29, 1.82) is 0 Å². The smallest absolute Gasteiger partial charge is 0.311 e. The molecule has 0 unspecified atom stereocenters. The molecule has 0 heterocycles. The number of para-hydroxylation sites is 1. The number of nitro benzene ring substituents is 1. The fourth-order valence-electron chi connectivity index (χ4n) is 1.99.